The van der Waals surface area contributed by atoms with Gasteiger partial charge in [-0.3, -0.25) is 0 Å². The summed E-state index contributed by atoms with van der Waals surface area (Å²) < 4.78 is 0. The van der Waals surface area contributed by atoms with Gasteiger partial charge in [-0.2, -0.15) is 0 Å². The maximum Gasteiger partial charge on any atom is 0.0636 e. The molecule has 3 unspecified atom stereocenters. The van der Waals surface area contributed by atoms with Gasteiger partial charge in [-0.1, -0.05) is 43.2 Å². The molecule has 0 radical (unpaired) electrons. The molecule has 1 aliphatic carbocycles. The molecule has 0 bridgehead atoms. The van der Waals surface area contributed by atoms with Crippen molar-refractivity contribution in [3.63, 3.8) is 0 Å². The molecule has 1 fully saturated rings. The van der Waals surface area contributed by atoms with Crippen LogP contribution in [0.25, 0.3) is 0 Å². The monoisotopic (exact) mass is 233 g/mol. The van der Waals surface area contributed by atoms with Gasteiger partial charge >= 0.3 is 0 Å². The average molecular weight is 233 g/mol. The molecular weight excluding hydrogens is 210 g/mol. The van der Waals surface area contributed by atoms with Gasteiger partial charge in [0.2, 0.25) is 0 Å². The van der Waals surface area contributed by atoms with E-state index >= 15 is 0 Å². The molecule has 0 spiro atoms. The van der Waals surface area contributed by atoms with Crippen LogP contribution in [0.15, 0.2) is 30.3 Å². The number of benzene rings is 1. The smallest absolute Gasteiger partial charge is 0.0636 e. The van der Waals surface area contributed by atoms with Crippen molar-refractivity contribution in [2.45, 2.75) is 50.7 Å². The van der Waals surface area contributed by atoms with E-state index in [-0.39, 0.29) is 6.10 Å². The number of hydrogen-bond acceptors (Lipinski definition) is 2. The van der Waals surface area contributed by atoms with Crippen molar-refractivity contribution in [1.82, 2.24) is 5.32 Å². The lowest BCUT2D eigenvalue weighted by molar-refractivity contribution is 0.178. The number of rotatable bonds is 4. The average Bonchev–Trinajstić information content (AvgIpc) is 2.38. The Bertz CT molecular complexity index is 323. The molecular formula is C15H23NO. The van der Waals surface area contributed by atoms with E-state index in [0.717, 1.165) is 0 Å². The van der Waals surface area contributed by atoms with E-state index in [1.807, 2.05) is 6.92 Å². The first-order valence-electron chi connectivity index (χ1n) is 6.74. The molecule has 0 aromatic heterocycles. The Labute approximate surface area is 104 Å². The summed E-state index contributed by atoms with van der Waals surface area (Å²) >= 11 is 0. The Morgan fingerprint density at radius 1 is 1.24 bits per heavy atom. The predicted octanol–water partition coefficient (Wildman–Crippen LogP) is 2.68. The van der Waals surface area contributed by atoms with Crippen molar-refractivity contribution in [3.8, 4) is 0 Å². The van der Waals surface area contributed by atoms with Crippen molar-refractivity contribution in [3.05, 3.63) is 35.9 Å². The van der Waals surface area contributed by atoms with E-state index in [2.05, 4.69) is 35.6 Å². The van der Waals surface area contributed by atoms with Crippen LogP contribution in [0.2, 0.25) is 0 Å². The molecule has 2 N–H and O–H groups in total. The van der Waals surface area contributed by atoms with Crippen LogP contribution in [0.5, 0.6) is 0 Å². The van der Waals surface area contributed by atoms with Gasteiger partial charge in [0.25, 0.3) is 0 Å². The molecule has 3 atom stereocenters. The highest BCUT2D eigenvalue weighted by Crippen LogP contribution is 2.32. The van der Waals surface area contributed by atoms with Gasteiger partial charge in [0.05, 0.1) is 6.10 Å². The van der Waals surface area contributed by atoms with Crippen molar-refractivity contribution >= 4 is 0 Å². The summed E-state index contributed by atoms with van der Waals surface area (Å²) in [5, 5.41) is 12.9. The molecule has 2 rings (SSSR count). The highest BCUT2D eigenvalue weighted by Gasteiger charge is 2.25. The third kappa shape index (κ3) is 3.55. The largest absolute Gasteiger partial charge is 0.392 e. The summed E-state index contributed by atoms with van der Waals surface area (Å²) in [7, 11) is 0. The zero-order valence-corrected chi connectivity index (χ0v) is 10.6. The van der Waals surface area contributed by atoms with Gasteiger partial charge in [0.1, 0.15) is 0 Å². The van der Waals surface area contributed by atoms with Crippen molar-refractivity contribution in [1.29, 1.82) is 0 Å². The standard InChI is InChI=1S/C15H23NO/c1-12(17)11-16-15-10-6-5-9-14(15)13-7-3-2-4-8-13/h2-4,7-8,12,14-17H,5-6,9-11H2,1H3. The Morgan fingerprint density at radius 3 is 2.65 bits per heavy atom. The Morgan fingerprint density at radius 2 is 1.94 bits per heavy atom. The molecule has 1 aromatic rings. The molecule has 1 aromatic carbocycles. The lowest BCUT2D eigenvalue weighted by Gasteiger charge is -2.33. The van der Waals surface area contributed by atoms with E-state index in [1.165, 1.54) is 31.2 Å². The molecule has 17 heavy (non-hydrogen) atoms. The Kier molecular flexibility index (Phi) is 4.57. The summed E-state index contributed by atoms with van der Waals surface area (Å²) in [5.74, 6) is 0.615. The van der Waals surface area contributed by atoms with E-state index in [4.69, 9.17) is 0 Å². The first-order chi connectivity index (χ1) is 8.27. The molecule has 94 valence electrons. The molecule has 0 heterocycles. The number of nitrogens with one attached hydrogen (secondary N) is 1. The molecule has 2 heteroatoms. The second-order valence-electron chi connectivity index (χ2n) is 5.17. The highest BCUT2D eigenvalue weighted by atomic mass is 16.3. The SMILES string of the molecule is CC(O)CNC1CCCCC1c1ccccc1. The van der Waals surface area contributed by atoms with Crippen molar-refractivity contribution in [2.75, 3.05) is 6.54 Å². The molecule has 0 amide bonds. The number of aliphatic hydroxyl groups is 1. The summed E-state index contributed by atoms with van der Waals surface area (Å²) in [6.45, 7) is 2.54. The summed E-state index contributed by atoms with van der Waals surface area (Å²) in [6, 6.07) is 11.3. The van der Waals surface area contributed by atoms with Gasteiger partial charge in [0.15, 0.2) is 0 Å². The lowest BCUT2D eigenvalue weighted by atomic mass is 9.80. The molecule has 1 aliphatic rings. The molecule has 0 aliphatic heterocycles. The molecule has 2 nitrogen and oxygen atoms in total. The fourth-order valence-electron chi connectivity index (χ4n) is 2.80. The van der Waals surface area contributed by atoms with E-state index in [9.17, 15) is 5.11 Å². The maximum atomic E-state index is 9.38. The number of hydrogen-bond donors (Lipinski definition) is 2. The van der Waals surface area contributed by atoms with Crippen LogP contribution in [0.3, 0.4) is 0 Å². The number of aliphatic hydroxyl groups excluding tert-OH is 1. The molecule has 0 saturated heterocycles. The molecule has 1 saturated carbocycles. The second-order valence-corrected chi connectivity index (χ2v) is 5.17. The van der Waals surface area contributed by atoms with E-state index < -0.39 is 0 Å². The van der Waals surface area contributed by atoms with Crippen LogP contribution in [0.1, 0.15) is 44.1 Å². The van der Waals surface area contributed by atoms with Crippen LogP contribution in [-0.4, -0.2) is 23.8 Å². The minimum atomic E-state index is -0.256. The summed E-state index contributed by atoms with van der Waals surface area (Å²) in [5.41, 5.74) is 1.44. The van der Waals surface area contributed by atoms with E-state index in [0.29, 0.717) is 18.5 Å². The summed E-state index contributed by atoms with van der Waals surface area (Å²) in [6.07, 6.45) is 4.87. The van der Waals surface area contributed by atoms with Gasteiger partial charge in [0, 0.05) is 12.6 Å². The first-order valence-corrected chi connectivity index (χ1v) is 6.74. The quantitative estimate of drug-likeness (QED) is 0.838. The fraction of sp³-hybridized carbons (Fsp3) is 0.600. The Balaban J connectivity index is 2.02. The van der Waals surface area contributed by atoms with Crippen LogP contribution in [-0.2, 0) is 0 Å². The zero-order valence-electron chi connectivity index (χ0n) is 10.6. The van der Waals surface area contributed by atoms with Crippen molar-refractivity contribution < 1.29 is 5.11 Å². The van der Waals surface area contributed by atoms with Crippen LogP contribution in [0, 0.1) is 0 Å². The zero-order chi connectivity index (χ0) is 12.1. The second kappa shape index (κ2) is 6.18. The fourth-order valence-corrected chi connectivity index (χ4v) is 2.80. The maximum absolute atomic E-state index is 9.38. The van der Waals surface area contributed by atoms with Crippen LogP contribution < -0.4 is 5.32 Å². The van der Waals surface area contributed by atoms with E-state index in [1.54, 1.807) is 0 Å². The van der Waals surface area contributed by atoms with Gasteiger partial charge in [-0.05, 0) is 31.2 Å². The minimum absolute atomic E-state index is 0.256. The van der Waals surface area contributed by atoms with Crippen LogP contribution >= 0.6 is 0 Å². The van der Waals surface area contributed by atoms with Gasteiger partial charge in [-0.15, -0.1) is 0 Å². The third-order valence-electron chi connectivity index (χ3n) is 3.67. The first kappa shape index (κ1) is 12.6. The van der Waals surface area contributed by atoms with Crippen molar-refractivity contribution in [2.24, 2.45) is 0 Å². The van der Waals surface area contributed by atoms with Crippen LogP contribution in [0.4, 0.5) is 0 Å². The van der Waals surface area contributed by atoms with Gasteiger partial charge in [-0.25, -0.2) is 0 Å². The normalized spacial score (nSPS) is 26.7. The lowest BCUT2D eigenvalue weighted by Crippen LogP contribution is -2.40. The third-order valence-corrected chi connectivity index (χ3v) is 3.67. The van der Waals surface area contributed by atoms with Gasteiger partial charge < -0.3 is 10.4 Å². The minimum Gasteiger partial charge on any atom is -0.392 e. The topological polar surface area (TPSA) is 32.3 Å². The highest BCUT2D eigenvalue weighted by molar-refractivity contribution is 5.21. The predicted molar refractivity (Wildman–Crippen MR) is 71.1 cm³/mol. The summed E-state index contributed by atoms with van der Waals surface area (Å²) in [4.78, 5) is 0. The Hall–Kier alpha value is -0.860.